The number of aryl methyl sites for hydroxylation is 1. The lowest BCUT2D eigenvalue weighted by Crippen LogP contribution is -2.07. The van der Waals surface area contributed by atoms with E-state index in [1.165, 1.54) is 16.3 Å². The van der Waals surface area contributed by atoms with Gasteiger partial charge in [0.15, 0.2) is 0 Å². The van der Waals surface area contributed by atoms with Crippen molar-refractivity contribution in [2.24, 2.45) is 0 Å². The molecule has 0 saturated heterocycles. The Kier molecular flexibility index (Phi) is 4.35. The molecule has 0 bridgehead atoms. The second-order valence-electron chi connectivity index (χ2n) is 6.72. The van der Waals surface area contributed by atoms with E-state index >= 15 is 0 Å². The molecule has 0 aliphatic heterocycles. The van der Waals surface area contributed by atoms with Gasteiger partial charge in [0, 0.05) is 6.42 Å². The highest BCUT2D eigenvalue weighted by molar-refractivity contribution is 5.86. The van der Waals surface area contributed by atoms with Crippen LogP contribution in [0.1, 0.15) is 27.9 Å². The second-order valence-corrected chi connectivity index (χ2v) is 6.72. The first-order valence-electron chi connectivity index (χ1n) is 8.94. The molecule has 0 aliphatic carbocycles. The van der Waals surface area contributed by atoms with Gasteiger partial charge in [-0.25, -0.2) is 4.68 Å². The Bertz CT molecular complexity index is 1160. The minimum Gasteiger partial charge on any atom is -0.383 e. The molecule has 3 aromatic carbocycles. The summed E-state index contributed by atoms with van der Waals surface area (Å²) in [4.78, 5) is 0. The smallest absolute Gasteiger partial charge is 0.140 e. The molecule has 1 heterocycles. The van der Waals surface area contributed by atoms with Gasteiger partial charge >= 0.3 is 0 Å². The lowest BCUT2D eigenvalue weighted by molar-refractivity contribution is 0.682. The van der Waals surface area contributed by atoms with Crippen molar-refractivity contribution in [3.8, 4) is 6.07 Å². The average Bonchev–Trinajstić information content (AvgIpc) is 2.98. The minimum atomic E-state index is 0.427. The average molecular weight is 352 g/mol. The van der Waals surface area contributed by atoms with Gasteiger partial charge < -0.3 is 5.73 Å². The number of hydrogen-bond acceptors (Lipinski definition) is 3. The molecule has 27 heavy (non-hydrogen) atoms. The van der Waals surface area contributed by atoms with Gasteiger partial charge in [-0.15, -0.1) is 0 Å². The van der Waals surface area contributed by atoms with Gasteiger partial charge in [0.1, 0.15) is 17.5 Å². The van der Waals surface area contributed by atoms with Crippen LogP contribution in [0, 0.1) is 18.3 Å². The van der Waals surface area contributed by atoms with Crippen molar-refractivity contribution in [1.82, 2.24) is 9.78 Å². The fraction of sp³-hybridized carbons (Fsp3) is 0.130. The molecule has 132 valence electrons. The highest BCUT2D eigenvalue weighted by Crippen LogP contribution is 2.25. The molecule has 4 rings (SSSR count). The van der Waals surface area contributed by atoms with Crippen LogP contribution >= 0.6 is 0 Å². The molecular formula is C23H20N4. The van der Waals surface area contributed by atoms with E-state index in [0.29, 0.717) is 24.3 Å². The quantitative estimate of drug-likeness (QED) is 0.590. The van der Waals surface area contributed by atoms with Crippen LogP contribution in [0.5, 0.6) is 0 Å². The van der Waals surface area contributed by atoms with E-state index in [4.69, 9.17) is 5.73 Å². The molecule has 1 aromatic heterocycles. The SMILES string of the molecule is Cc1ccccc1Cn1nc(Cc2cccc3ccccc23)c(C#N)c1N. The third-order valence-electron chi connectivity index (χ3n) is 5.00. The van der Waals surface area contributed by atoms with Crippen LogP contribution in [-0.2, 0) is 13.0 Å². The fourth-order valence-electron chi connectivity index (χ4n) is 3.47. The van der Waals surface area contributed by atoms with E-state index in [-0.39, 0.29) is 0 Å². The number of nitrogen functional groups attached to an aromatic ring is 1. The topological polar surface area (TPSA) is 67.6 Å². The van der Waals surface area contributed by atoms with Gasteiger partial charge in [-0.3, -0.25) is 0 Å². The molecular weight excluding hydrogens is 332 g/mol. The standard InChI is InChI=1S/C23H20N4/c1-16-7-2-3-9-19(16)15-27-23(25)21(14-24)22(26-27)13-18-11-6-10-17-8-4-5-12-20(17)18/h2-12H,13,15,25H2,1H3. The zero-order chi connectivity index (χ0) is 18.8. The zero-order valence-corrected chi connectivity index (χ0v) is 15.2. The van der Waals surface area contributed by atoms with Crippen molar-refractivity contribution in [2.75, 3.05) is 5.73 Å². The number of rotatable bonds is 4. The van der Waals surface area contributed by atoms with Crippen LogP contribution in [-0.4, -0.2) is 9.78 Å². The van der Waals surface area contributed by atoms with E-state index in [9.17, 15) is 5.26 Å². The first-order valence-corrected chi connectivity index (χ1v) is 8.94. The normalized spacial score (nSPS) is 10.8. The van der Waals surface area contributed by atoms with E-state index < -0.39 is 0 Å². The molecule has 4 nitrogen and oxygen atoms in total. The lowest BCUT2D eigenvalue weighted by atomic mass is 10.00. The first kappa shape index (κ1) is 16.9. The molecule has 0 saturated carbocycles. The molecule has 0 aliphatic rings. The Balaban J connectivity index is 1.73. The Labute approximate surface area is 158 Å². The Hall–Kier alpha value is -3.58. The van der Waals surface area contributed by atoms with Crippen LogP contribution in [0.3, 0.4) is 0 Å². The largest absolute Gasteiger partial charge is 0.383 e. The minimum absolute atomic E-state index is 0.427. The molecule has 0 atom stereocenters. The summed E-state index contributed by atoms with van der Waals surface area (Å²) < 4.78 is 1.74. The molecule has 0 amide bonds. The summed E-state index contributed by atoms with van der Waals surface area (Å²) in [5, 5.41) is 16.7. The summed E-state index contributed by atoms with van der Waals surface area (Å²) >= 11 is 0. The number of nitriles is 1. The van der Waals surface area contributed by atoms with E-state index in [0.717, 1.165) is 16.8 Å². The molecule has 4 heteroatoms. The van der Waals surface area contributed by atoms with Gasteiger partial charge in [0.25, 0.3) is 0 Å². The maximum absolute atomic E-state index is 9.64. The van der Waals surface area contributed by atoms with Gasteiger partial charge in [-0.05, 0) is 34.4 Å². The van der Waals surface area contributed by atoms with Gasteiger partial charge in [0.2, 0.25) is 0 Å². The summed E-state index contributed by atoms with van der Waals surface area (Å²) in [5.74, 6) is 0.427. The summed E-state index contributed by atoms with van der Waals surface area (Å²) in [6.45, 7) is 2.62. The molecule has 0 unspecified atom stereocenters. The van der Waals surface area contributed by atoms with Gasteiger partial charge in [0.05, 0.1) is 12.2 Å². The first-order chi connectivity index (χ1) is 13.2. The van der Waals surface area contributed by atoms with Crippen LogP contribution in [0.2, 0.25) is 0 Å². The second kappa shape index (κ2) is 6.97. The Morgan fingerprint density at radius 2 is 1.67 bits per heavy atom. The lowest BCUT2D eigenvalue weighted by Gasteiger charge is -2.07. The van der Waals surface area contributed by atoms with Crippen LogP contribution < -0.4 is 5.73 Å². The van der Waals surface area contributed by atoms with Crippen molar-refractivity contribution in [2.45, 2.75) is 19.9 Å². The van der Waals surface area contributed by atoms with Crippen molar-refractivity contribution < 1.29 is 0 Å². The Morgan fingerprint density at radius 1 is 0.963 bits per heavy atom. The van der Waals surface area contributed by atoms with Crippen molar-refractivity contribution in [3.63, 3.8) is 0 Å². The molecule has 2 N–H and O–H groups in total. The summed E-state index contributed by atoms with van der Waals surface area (Å²) in [7, 11) is 0. The van der Waals surface area contributed by atoms with E-state index in [2.05, 4.69) is 54.5 Å². The Morgan fingerprint density at radius 3 is 2.48 bits per heavy atom. The number of benzene rings is 3. The van der Waals surface area contributed by atoms with E-state index in [1.54, 1.807) is 4.68 Å². The predicted octanol–water partition coefficient (Wildman–Crippen LogP) is 4.44. The maximum atomic E-state index is 9.64. The summed E-state index contributed by atoms with van der Waals surface area (Å²) in [6.07, 6.45) is 0.579. The third-order valence-corrected chi connectivity index (χ3v) is 5.00. The van der Waals surface area contributed by atoms with Crippen LogP contribution in [0.4, 0.5) is 5.82 Å². The van der Waals surface area contributed by atoms with Crippen LogP contribution in [0.25, 0.3) is 10.8 Å². The third kappa shape index (κ3) is 3.16. The van der Waals surface area contributed by atoms with E-state index in [1.807, 2.05) is 30.3 Å². The highest BCUT2D eigenvalue weighted by Gasteiger charge is 2.17. The number of aromatic nitrogens is 2. The number of nitrogens with two attached hydrogens (primary N) is 1. The van der Waals surface area contributed by atoms with Gasteiger partial charge in [-0.1, -0.05) is 66.7 Å². The number of hydrogen-bond donors (Lipinski definition) is 1. The number of fused-ring (bicyclic) bond motifs is 1. The van der Waals surface area contributed by atoms with Crippen molar-refractivity contribution in [1.29, 1.82) is 5.26 Å². The molecule has 0 spiro atoms. The highest BCUT2D eigenvalue weighted by atomic mass is 15.3. The molecule has 0 radical (unpaired) electrons. The zero-order valence-electron chi connectivity index (χ0n) is 15.2. The van der Waals surface area contributed by atoms with Crippen LogP contribution in [0.15, 0.2) is 66.7 Å². The van der Waals surface area contributed by atoms with Crippen molar-refractivity contribution >= 4 is 16.6 Å². The van der Waals surface area contributed by atoms with Gasteiger partial charge in [-0.2, -0.15) is 10.4 Å². The fourth-order valence-corrected chi connectivity index (χ4v) is 3.47. The molecule has 0 fully saturated rings. The number of nitrogens with zero attached hydrogens (tertiary/aromatic N) is 3. The monoisotopic (exact) mass is 352 g/mol. The number of anilines is 1. The predicted molar refractivity (Wildman–Crippen MR) is 108 cm³/mol. The summed E-state index contributed by atoms with van der Waals surface area (Å²) in [6, 6.07) is 24.9. The van der Waals surface area contributed by atoms with Crippen molar-refractivity contribution in [3.05, 3.63) is 94.7 Å². The summed E-state index contributed by atoms with van der Waals surface area (Å²) in [5.41, 5.74) is 10.9. The molecule has 4 aromatic rings. The maximum Gasteiger partial charge on any atom is 0.140 e.